The first kappa shape index (κ1) is 19.2. The van der Waals surface area contributed by atoms with Crippen LogP contribution in [-0.4, -0.2) is 49.4 Å². The van der Waals surface area contributed by atoms with Gasteiger partial charge in [-0.15, -0.1) is 0 Å². The van der Waals surface area contributed by atoms with Crippen molar-refractivity contribution in [3.8, 4) is 0 Å². The molecule has 5 fully saturated rings. The van der Waals surface area contributed by atoms with Gasteiger partial charge in [-0.05, 0) is 101 Å². The normalized spacial score (nSPS) is 35.2. The fourth-order valence-electron chi connectivity index (χ4n) is 6.86. The van der Waals surface area contributed by atoms with E-state index in [2.05, 4.69) is 15.5 Å². The van der Waals surface area contributed by atoms with Crippen molar-refractivity contribution in [3.63, 3.8) is 0 Å². The van der Waals surface area contributed by atoms with Crippen LogP contribution in [0, 0.1) is 23.2 Å². The second-order valence-electron chi connectivity index (χ2n) is 9.98. The van der Waals surface area contributed by atoms with Crippen LogP contribution in [0.25, 0.3) is 0 Å². The minimum Gasteiger partial charge on any atom is -0.355 e. The van der Waals surface area contributed by atoms with Crippen LogP contribution in [-0.2, 0) is 9.59 Å². The van der Waals surface area contributed by atoms with Crippen LogP contribution >= 0.6 is 0 Å². The topological polar surface area (TPSA) is 61.4 Å². The molecule has 0 spiro atoms. The lowest BCUT2D eigenvalue weighted by Gasteiger charge is -2.56. The Morgan fingerprint density at radius 3 is 2.11 bits per heavy atom. The van der Waals surface area contributed by atoms with Gasteiger partial charge in [-0.1, -0.05) is 6.42 Å². The first-order chi connectivity index (χ1) is 13.1. The molecule has 0 aromatic rings. The van der Waals surface area contributed by atoms with E-state index in [9.17, 15) is 9.59 Å². The van der Waals surface area contributed by atoms with Gasteiger partial charge < -0.3 is 15.5 Å². The van der Waals surface area contributed by atoms with E-state index in [4.69, 9.17) is 0 Å². The van der Waals surface area contributed by atoms with E-state index in [1.165, 1.54) is 70.9 Å². The van der Waals surface area contributed by atoms with Crippen molar-refractivity contribution in [1.29, 1.82) is 0 Å². The van der Waals surface area contributed by atoms with E-state index in [0.717, 1.165) is 30.7 Å². The summed E-state index contributed by atoms with van der Waals surface area (Å²) in [6.07, 6.45) is 13.5. The van der Waals surface area contributed by atoms with Gasteiger partial charge in [-0.25, -0.2) is 0 Å². The van der Waals surface area contributed by atoms with E-state index in [1.54, 1.807) is 0 Å². The zero-order chi connectivity index (χ0) is 18.7. The molecule has 2 amide bonds. The Hall–Kier alpha value is -1.10. The molecule has 1 saturated heterocycles. The number of hydrogen-bond donors (Lipinski definition) is 2. The molecular formula is C22H37N3O2. The molecule has 0 aromatic carbocycles. The van der Waals surface area contributed by atoms with E-state index in [-0.39, 0.29) is 23.8 Å². The van der Waals surface area contributed by atoms with Crippen LogP contribution in [0.3, 0.4) is 0 Å². The molecule has 0 atom stereocenters. The molecule has 1 aliphatic heterocycles. The second kappa shape index (κ2) is 8.50. The molecule has 2 N–H and O–H groups in total. The zero-order valence-electron chi connectivity index (χ0n) is 16.8. The molecule has 4 saturated carbocycles. The van der Waals surface area contributed by atoms with Crippen molar-refractivity contribution in [2.24, 2.45) is 23.2 Å². The maximum Gasteiger partial charge on any atom is 0.239 e. The lowest BCUT2D eigenvalue weighted by molar-refractivity contribution is -0.131. The van der Waals surface area contributed by atoms with Crippen molar-refractivity contribution in [3.05, 3.63) is 0 Å². The molecule has 1 heterocycles. The molecule has 0 radical (unpaired) electrons. The fourth-order valence-corrected chi connectivity index (χ4v) is 6.86. The molecule has 4 aliphatic carbocycles. The molecule has 5 heteroatoms. The number of hydrogen-bond acceptors (Lipinski definition) is 3. The highest BCUT2D eigenvalue weighted by atomic mass is 16.2. The number of nitrogens with one attached hydrogen (secondary N) is 2. The maximum absolute atomic E-state index is 12.5. The highest BCUT2D eigenvalue weighted by Gasteiger charge is 2.51. The summed E-state index contributed by atoms with van der Waals surface area (Å²) in [6, 6.07) is 0. The largest absolute Gasteiger partial charge is 0.355 e. The summed E-state index contributed by atoms with van der Waals surface area (Å²) in [4.78, 5) is 27.0. The smallest absolute Gasteiger partial charge is 0.239 e. The first-order valence-electron chi connectivity index (χ1n) is 11.4. The number of nitrogens with zero attached hydrogens (tertiary/aromatic N) is 1. The molecule has 0 unspecified atom stereocenters. The highest BCUT2D eigenvalue weighted by Crippen LogP contribution is 2.61. The van der Waals surface area contributed by atoms with Crippen molar-refractivity contribution in [2.75, 3.05) is 32.7 Å². The average molecular weight is 376 g/mol. The number of likely N-dealkylation sites (tertiary alicyclic amines) is 1. The number of rotatable bonds is 8. The number of carbonyl (C=O) groups excluding carboxylic acids is 2. The van der Waals surface area contributed by atoms with Crippen LogP contribution in [0.1, 0.15) is 70.6 Å². The second-order valence-corrected chi connectivity index (χ2v) is 9.98. The quantitative estimate of drug-likeness (QED) is 0.641. The van der Waals surface area contributed by atoms with Gasteiger partial charge in [0, 0.05) is 13.0 Å². The molecule has 0 aromatic heterocycles. The molecule has 5 rings (SSSR count). The van der Waals surface area contributed by atoms with Crippen LogP contribution in [0.5, 0.6) is 0 Å². The summed E-state index contributed by atoms with van der Waals surface area (Å²) >= 11 is 0. The fraction of sp³-hybridized carbons (Fsp3) is 0.909. The van der Waals surface area contributed by atoms with E-state index in [0.29, 0.717) is 13.0 Å². The highest BCUT2D eigenvalue weighted by molar-refractivity contribution is 5.84. The van der Waals surface area contributed by atoms with Gasteiger partial charge in [0.15, 0.2) is 0 Å². The van der Waals surface area contributed by atoms with E-state index >= 15 is 0 Å². The molecule has 4 bridgehead atoms. The minimum absolute atomic E-state index is 0.0486. The molecular weight excluding hydrogens is 338 g/mol. The average Bonchev–Trinajstić information content (AvgIpc) is 2.63. The Labute approximate surface area is 164 Å². The van der Waals surface area contributed by atoms with Crippen molar-refractivity contribution >= 4 is 11.8 Å². The van der Waals surface area contributed by atoms with Crippen LogP contribution in [0.2, 0.25) is 0 Å². The van der Waals surface area contributed by atoms with Gasteiger partial charge in [0.2, 0.25) is 11.8 Å². The SMILES string of the molecule is O=C(CNC(=O)CC12CC3CC(CC(C3)C1)C2)NCCCN1CCCCC1. The summed E-state index contributed by atoms with van der Waals surface area (Å²) in [6.45, 7) is 4.32. The Kier molecular flexibility index (Phi) is 6.05. The van der Waals surface area contributed by atoms with Crippen molar-refractivity contribution < 1.29 is 9.59 Å². The van der Waals surface area contributed by atoms with Gasteiger partial charge >= 0.3 is 0 Å². The monoisotopic (exact) mass is 375 g/mol. The van der Waals surface area contributed by atoms with Crippen LogP contribution < -0.4 is 10.6 Å². The van der Waals surface area contributed by atoms with Crippen LogP contribution in [0.4, 0.5) is 0 Å². The zero-order valence-corrected chi connectivity index (χ0v) is 16.8. The Bertz CT molecular complexity index is 506. The summed E-state index contributed by atoms with van der Waals surface area (Å²) < 4.78 is 0. The lowest BCUT2D eigenvalue weighted by Crippen LogP contribution is -2.48. The Morgan fingerprint density at radius 2 is 1.48 bits per heavy atom. The van der Waals surface area contributed by atoms with Crippen LogP contribution in [0.15, 0.2) is 0 Å². The molecule has 27 heavy (non-hydrogen) atoms. The van der Waals surface area contributed by atoms with E-state index in [1.807, 2.05) is 0 Å². The standard InChI is InChI=1S/C22H37N3O2/c26-20(15-22-12-17-9-18(13-22)11-19(10-17)14-22)24-16-21(27)23-5-4-8-25-6-2-1-3-7-25/h17-19H,1-16H2,(H,23,27)(H,24,26). The van der Waals surface area contributed by atoms with Gasteiger partial charge in [-0.3, -0.25) is 9.59 Å². The summed E-state index contributed by atoms with van der Waals surface area (Å²) in [7, 11) is 0. The maximum atomic E-state index is 12.5. The molecule has 5 nitrogen and oxygen atoms in total. The predicted molar refractivity (Wildman–Crippen MR) is 106 cm³/mol. The van der Waals surface area contributed by atoms with Crippen molar-refractivity contribution in [2.45, 2.75) is 70.6 Å². The first-order valence-corrected chi connectivity index (χ1v) is 11.4. The van der Waals surface area contributed by atoms with Gasteiger partial charge in [-0.2, -0.15) is 0 Å². The summed E-state index contributed by atoms with van der Waals surface area (Å²) in [5, 5.41) is 5.84. The lowest BCUT2D eigenvalue weighted by atomic mass is 9.49. The van der Waals surface area contributed by atoms with E-state index < -0.39 is 0 Å². The summed E-state index contributed by atoms with van der Waals surface area (Å²) in [5.74, 6) is 2.64. The van der Waals surface area contributed by atoms with Gasteiger partial charge in [0.25, 0.3) is 0 Å². The number of piperidine rings is 1. The Morgan fingerprint density at radius 1 is 0.852 bits per heavy atom. The third kappa shape index (κ3) is 5.04. The molecule has 5 aliphatic rings. The third-order valence-corrected chi connectivity index (χ3v) is 7.57. The van der Waals surface area contributed by atoms with Gasteiger partial charge in [0.1, 0.15) is 0 Å². The Balaban J connectivity index is 1.11. The third-order valence-electron chi connectivity index (χ3n) is 7.57. The predicted octanol–water partition coefficient (Wildman–Crippen LogP) is 2.70. The number of carbonyl (C=O) groups is 2. The number of amides is 2. The van der Waals surface area contributed by atoms with Crippen molar-refractivity contribution in [1.82, 2.24) is 15.5 Å². The summed E-state index contributed by atoms with van der Waals surface area (Å²) in [5.41, 5.74) is 0.254. The molecule has 152 valence electrons. The minimum atomic E-state index is -0.0486. The van der Waals surface area contributed by atoms with Gasteiger partial charge in [0.05, 0.1) is 6.54 Å².